The van der Waals surface area contributed by atoms with Crippen molar-refractivity contribution in [2.75, 3.05) is 17.2 Å². The monoisotopic (exact) mass is 611 g/mol. The van der Waals surface area contributed by atoms with E-state index in [1.807, 2.05) is 12.1 Å². The van der Waals surface area contributed by atoms with Crippen LogP contribution in [0.15, 0.2) is 53.4 Å². The second kappa shape index (κ2) is 15.4. The summed E-state index contributed by atoms with van der Waals surface area (Å²) in [7, 11) is 0. The van der Waals surface area contributed by atoms with Gasteiger partial charge in [0.15, 0.2) is 0 Å². The number of carboxylic acid groups (broad SMARTS) is 2. The SMILES string of the molecule is N=C(N)c1ccc(CNC(=O)CCN2C(=O)[C@@H](NC(=O)CCC(=O)O)CSc3ccccc32)cc1.O=C(O)C(F)(F)F. The van der Waals surface area contributed by atoms with Gasteiger partial charge in [-0.25, -0.2) is 4.79 Å². The zero-order valence-electron chi connectivity index (χ0n) is 21.9. The minimum absolute atomic E-state index is 0.0301. The number of para-hydroxylation sites is 1. The van der Waals surface area contributed by atoms with E-state index in [4.69, 9.17) is 26.2 Å². The minimum atomic E-state index is -5.08. The van der Waals surface area contributed by atoms with Gasteiger partial charge in [-0.15, -0.1) is 11.8 Å². The molecule has 0 bridgehead atoms. The Hall–Kier alpha value is -4.60. The number of hydrogen-bond donors (Lipinski definition) is 6. The number of nitrogens with two attached hydrogens (primary N) is 1. The van der Waals surface area contributed by atoms with Crippen molar-refractivity contribution in [1.82, 2.24) is 10.6 Å². The van der Waals surface area contributed by atoms with Crippen molar-refractivity contribution in [2.45, 2.75) is 42.9 Å². The number of hydrogen-bond acceptors (Lipinski definition) is 7. The number of fused-ring (bicyclic) bond motifs is 1. The molecular formula is C26H28F3N5O7S. The number of anilines is 1. The molecule has 42 heavy (non-hydrogen) atoms. The third kappa shape index (κ3) is 10.8. The first-order valence-corrected chi connectivity index (χ1v) is 13.2. The van der Waals surface area contributed by atoms with Gasteiger partial charge in [-0.2, -0.15) is 13.2 Å². The highest BCUT2D eigenvalue weighted by atomic mass is 32.2. The normalized spacial score (nSPS) is 14.4. The minimum Gasteiger partial charge on any atom is -0.481 e. The average Bonchev–Trinajstić information content (AvgIpc) is 3.05. The molecule has 0 saturated heterocycles. The van der Waals surface area contributed by atoms with Crippen LogP contribution in [0.1, 0.15) is 30.4 Å². The Morgan fingerprint density at radius 3 is 2.19 bits per heavy atom. The number of carboxylic acids is 2. The van der Waals surface area contributed by atoms with Crippen LogP contribution in [-0.4, -0.2) is 70.2 Å². The van der Waals surface area contributed by atoms with Gasteiger partial charge in [-0.05, 0) is 17.7 Å². The molecule has 2 aromatic rings. The molecule has 2 aromatic carbocycles. The fraction of sp³-hybridized carbons (Fsp3) is 0.308. The number of amides is 3. The molecule has 0 unspecified atom stereocenters. The summed E-state index contributed by atoms with van der Waals surface area (Å²) in [5, 5.41) is 28.8. The molecule has 3 amide bonds. The quantitative estimate of drug-likeness (QED) is 0.172. The van der Waals surface area contributed by atoms with Crippen molar-refractivity contribution in [2.24, 2.45) is 5.73 Å². The van der Waals surface area contributed by atoms with E-state index in [-0.39, 0.29) is 43.5 Å². The molecule has 12 nitrogen and oxygen atoms in total. The number of carbonyl (C=O) groups excluding carboxylic acids is 3. The van der Waals surface area contributed by atoms with E-state index >= 15 is 0 Å². The summed E-state index contributed by atoms with van der Waals surface area (Å²) < 4.78 is 31.7. The lowest BCUT2D eigenvalue weighted by Gasteiger charge is -2.25. The van der Waals surface area contributed by atoms with Gasteiger partial charge in [-0.1, -0.05) is 36.4 Å². The smallest absolute Gasteiger partial charge is 0.481 e. The number of alkyl halides is 3. The Labute approximate surface area is 241 Å². The number of carbonyl (C=O) groups is 5. The molecule has 1 heterocycles. The van der Waals surface area contributed by atoms with Gasteiger partial charge in [0.05, 0.1) is 12.1 Å². The molecule has 0 spiro atoms. The summed E-state index contributed by atoms with van der Waals surface area (Å²) in [6.07, 6.45) is -5.57. The van der Waals surface area contributed by atoms with Gasteiger partial charge >= 0.3 is 18.1 Å². The largest absolute Gasteiger partial charge is 0.490 e. The van der Waals surface area contributed by atoms with Gasteiger partial charge in [0, 0.05) is 42.1 Å². The fourth-order valence-corrected chi connectivity index (χ4v) is 4.55. The number of amidine groups is 1. The molecular weight excluding hydrogens is 583 g/mol. The second-order valence-corrected chi connectivity index (χ2v) is 9.78. The van der Waals surface area contributed by atoms with E-state index in [1.165, 1.54) is 16.7 Å². The van der Waals surface area contributed by atoms with E-state index in [2.05, 4.69) is 10.6 Å². The van der Waals surface area contributed by atoms with Crippen molar-refractivity contribution in [1.29, 1.82) is 5.41 Å². The van der Waals surface area contributed by atoms with Crippen LogP contribution in [0, 0.1) is 5.41 Å². The van der Waals surface area contributed by atoms with Crippen LogP contribution in [0.25, 0.3) is 0 Å². The molecule has 226 valence electrons. The predicted molar refractivity (Wildman–Crippen MR) is 146 cm³/mol. The number of thioether (sulfide) groups is 1. The van der Waals surface area contributed by atoms with E-state index in [1.54, 1.807) is 36.4 Å². The van der Waals surface area contributed by atoms with Gasteiger partial charge in [0.2, 0.25) is 17.7 Å². The summed E-state index contributed by atoms with van der Waals surface area (Å²) in [6, 6.07) is 13.5. The molecule has 1 aliphatic heterocycles. The molecule has 16 heteroatoms. The molecule has 0 aliphatic carbocycles. The van der Waals surface area contributed by atoms with Crippen LogP contribution in [0.5, 0.6) is 0 Å². The Morgan fingerprint density at radius 1 is 1.00 bits per heavy atom. The highest BCUT2D eigenvalue weighted by molar-refractivity contribution is 7.99. The molecule has 1 atom stereocenters. The Bertz CT molecular complexity index is 1320. The van der Waals surface area contributed by atoms with Crippen LogP contribution in [0.4, 0.5) is 18.9 Å². The lowest BCUT2D eigenvalue weighted by molar-refractivity contribution is -0.192. The zero-order chi connectivity index (χ0) is 31.4. The Balaban J connectivity index is 0.000000782. The molecule has 0 saturated carbocycles. The van der Waals surface area contributed by atoms with Gasteiger partial charge in [0.25, 0.3) is 0 Å². The van der Waals surface area contributed by atoms with Gasteiger partial charge in [-0.3, -0.25) is 24.6 Å². The number of nitrogens with zero attached hydrogens (tertiary/aromatic N) is 1. The van der Waals surface area contributed by atoms with Crippen molar-refractivity contribution in [3.63, 3.8) is 0 Å². The van der Waals surface area contributed by atoms with E-state index in [0.29, 0.717) is 23.5 Å². The molecule has 3 rings (SSSR count). The Morgan fingerprint density at radius 2 is 1.62 bits per heavy atom. The van der Waals surface area contributed by atoms with E-state index in [9.17, 15) is 32.3 Å². The highest BCUT2D eigenvalue weighted by Crippen LogP contribution is 2.34. The van der Waals surface area contributed by atoms with Crippen molar-refractivity contribution in [3.05, 3.63) is 59.7 Å². The summed E-state index contributed by atoms with van der Waals surface area (Å²) >= 11 is 1.42. The van der Waals surface area contributed by atoms with Gasteiger partial charge < -0.3 is 31.5 Å². The van der Waals surface area contributed by atoms with E-state index in [0.717, 1.165) is 10.5 Å². The third-order valence-electron chi connectivity index (χ3n) is 5.59. The first-order chi connectivity index (χ1) is 19.7. The van der Waals surface area contributed by atoms with Crippen molar-refractivity contribution < 1.29 is 47.4 Å². The highest BCUT2D eigenvalue weighted by Gasteiger charge is 2.38. The number of nitrogen functional groups attached to an aromatic ring is 1. The lowest BCUT2D eigenvalue weighted by atomic mass is 10.1. The predicted octanol–water partition coefficient (Wildman–Crippen LogP) is 2.10. The van der Waals surface area contributed by atoms with Crippen LogP contribution >= 0.6 is 11.8 Å². The Kier molecular flexibility index (Phi) is 12.3. The number of rotatable bonds is 10. The maximum Gasteiger partial charge on any atom is 0.490 e. The molecule has 0 fully saturated rings. The number of aliphatic carboxylic acids is 2. The number of halogens is 3. The summed E-state index contributed by atoms with van der Waals surface area (Å²) in [5.41, 5.74) is 7.56. The first-order valence-electron chi connectivity index (χ1n) is 12.2. The maximum absolute atomic E-state index is 13.3. The van der Waals surface area contributed by atoms with Crippen LogP contribution in [0.2, 0.25) is 0 Å². The number of benzene rings is 2. The third-order valence-corrected chi connectivity index (χ3v) is 6.74. The molecule has 1 aliphatic rings. The average molecular weight is 612 g/mol. The molecule has 0 aromatic heterocycles. The molecule has 7 N–H and O–H groups in total. The standard InChI is InChI=1S/C24H27N5O5S.C2HF3O2/c25-23(26)16-7-5-15(6-8-16)13-27-20(30)11-12-29-18-3-1-2-4-19(18)35-14-17(24(29)34)28-21(31)9-10-22(32)33;3-2(4,5)1(6)7/h1-8,17H,9-14H2,(H3,25,26)(H,27,30)(H,28,31)(H,32,33);(H,6,7)/t17-;/m0./s1. The van der Waals surface area contributed by atoms with Crippen molar-refractivity contribution >= 4 is 52.9 Å². The second-order valence-electron chi connectivity index (χ2n) is 8.72. The van der Waals surface area contributed by atoms with Crippen molar-refractivity contribution in [3.8, 4) is 0 Å². The summed E-state index contributed by atoms with van der Waals surface area (Å²) in [5.74, 6) is -4.68. The fourth-order valence-electron chi connectivity index (χ4n) is 3.48. The van der Waals surface area contributed by atoms with E-state index < -0.39 is 30.1 Å². The maximum atomic E-state index is 13.3. The first kappa shape index (κ1) is 33.6. The van der Waals surface area contributed by atoms with Crippen LogP contribution in [-0.2, 0) is 30.5 Å². The lowest BCUT2D eigenvalue weighted by Crippen LogP contribution is -2.50. The van der Waals surface area contributed by atoms with Crippen LogP contribution in [0.3, 0.4) is 0 Å². The van der Waals surface area contributed by atoms with Crippen LogP contribution < -0.4 is 21.3 Å². The number of nitrogens with one attached hydrogen (secondary N) is 3. The summed E-state index contributed by atoms with van der Waals surface area (Å²) in [6.45, 7) is 0.409. The topological polar surface area (TPSA) is 203 Å². The zero-order valence-corrected chi connectivity index (χ0v) is 22.8. The summed E-state index contributed by atoms with van der Waals surface area (Å²) in [4.78, 5) is 59.9. The molecule has 0 radical (unpaired) electrons. The van der Waals surface area contributed by atoms with Gasteiger partial charge in [0.1, 0.15) is 11.9 Å².